The van der Waals surface area contributed by atoms with E-state index in [2.05, 4.69) is 17.6 Å². The van der Waals surface area contributed by atoms with Gasteiger partial charge in [-0.15, -0.1) is 0 Å². The molecule has 0 aliphatic carbocycles. The van der Waals surface area contributed by atoms with Crippen LogP contribution in [0.4, 0.5) is 0 Å². The number of imidazole rings is 1. The number of para-hydroxylation sites is 2. The van der Waals surface area contributed by atoms with Crippen molar-refractivity contribution in [1.29, 1.82) is 0 Å². The molecule has 0 amide bonds. The predicted molar refractivity (Wildman–Crippen MR) is 85.5 cm³/mol. The van der Waals surface area contributed by atoms with Crippen molar-refractivity contribution in [2.75, 3.05) is 13.7 Å². The molecule has 0 saturated heterocycles. The van der Waals surface area contributed by atoms with E-state index in [4.69, 9.17) is 15.5 Å². The van der Waals surface area contributed by atoms with Crippen LogP contribution in [0, 0.1) is 0 Å². The van der Waals surface area contributed by atoms with Crippen molar-refractivity contribution < 1.29 is 4.74 Å². The maximum Gasteiger partial charge on any atom is 0.141 e. The van der Waals surface area contributed by atoms with Crippen LogP contribution in [0.2, 0.25) is 0 Å². The van der Waals surface area contributed by atoms with Crippen molar-refractivity contribution in [3.63, 3.8) is 0 Å². The third-order valence-electron chi connectivity index (χ3n) is 3.73. The number of aromatic nitrogens is 2. The number of rotatable bonds is 4. The van der Waals surface area contributed by atoms with Crippen molar-refractivity contribution >= 4 is 11.0 Å². The molecule has 0 fully saturated rings. The first-order valence-electron chi connectivity index (χ1n) is 7.06. The van der Waals surface area contributed by atoms with Crippen LogP contribution in [0.25, 0.3) is 22.4 Å². The number of benzene rings is 2. The fraction of sp³-hybridized carbons (Fsp3) is 0.235. The Hall–Kier alpha value is -2.33. The van der Waals surface area contributed by atoms with Gasteiger partial charge in [0.2, 0.25) is 0 Å². The summed E-state index contributed by atoms with van der Waals surface area (Å²) in [5, 5.41) is 0. The minimum atomic E-state index is 0.189. The summed E-state index contributed by atoms with van der Waals surface area (Å²) in [5.74, 6) is 1.78. The van der Waals surface area contributed by atoms with E-state index in [-0.39, 0.29) is 6.04 Å². The summed E-state index contributed by atoms with van der Waals surface area (Å²) >= 11 is 0. The van der Waals surface area contributed by atoms with Crippen molar-refractivity contribution in [3.05, 3.63) is 48.5 Å². The van der Waals surface area contributed by atoms with Gasteiger partial charge >= 0.3 is 0 Å². The highest BCUT2D eigenvalue weighted by atomic mass is 16.5. The molecule has 0 radical (unpaired) electrons. The molecule has 2 N–H and O–H groups in total. The zero-order valence-corrected chi connectivity index (χ0v) is 12.3. The number of hydrogen-bond donors (Lipinski definition) is 1. The normalized spacial score (nSPS) is 12.5. The largest absolute Gasteiger partial charge is 0.497 e. The van der Waals surface area contributed by atoms with Crippen LogP contribution in [-0.4, -0.2) is 23.2 Å². The molecule has 0 aliphatic heterocycles. The number of hydrogen-bond acceptors (Lipinski definition) is 3. The van der Waals surface area contributed by atoms with Gasteiger partial charge in [-0.2, -0.15) is 0 Å². The molecule has 108 valence electrons. The second kappa shape index (κ2) is 5.58. The van der Waals surface area contributed by atoms with Gasteiger partial charge in [0.15, 0.2) is 0 Å². The van der Waals surface area contributed by atoms with Gasteiger partial charge in [-0.1, -0.05) is 12.1 Å². The lowest BCUT2D eigenvalue weighted by Crippen LogP contribution is -2.16. The SMILES string of the molecule is COc1ccc(-c2nc3ccccc3n2C(C)CN)cc1. The summed E-state index contributed by atoms with van der Waals surface area (Å²) in [6, 6.07) is 16.3. The summed E-state index contributed by atoms with van der Waals surface area (Å²) in [4.78, 5) is 4.77. The fourth-order valence-corrected chi connectivity index (χ4v) is 2.54. The minimum Gasteiger partial charge on any atom is -0.497 e. The number of nitrogens with two attached hydrogens (primary N) is 1. The molecule has 3 aromatic rings. The minimum absolute atomic E-state index is 0.189. The highest BCUT2D eigenvalue weighted by Gasteiger charge is 2.16. The van der Waals surface area contributed by atoms with Crippen LogP contribution in [0.5, 0.6) is 5.75 Å². The predicted octanol–water partition coefficient (Wildman–Crippen LogP) is 3.23. The molecule has 4 heteroatoms. The standard InChI is InChI=1S/C17H19N3O/c1-12(11-18)20-16-6-4-3-5-15(16)19-17(20)13-7-9-14(21-2)10-8-13/h3-10,12H,11,18H2,1-2H3. The number of nitrogens with zero attached hydrogens (tertiary/aromatic N) is 2. The van der Waals surface area contributed by atoms with Crippen LogP contribution in [0.3, 0.4) is 0 Å². The van der Waals surface area contributed by atoms with E-state index in [1.54, 1.807) is 7.11 Å². The molecule has 0 bridgehead atoms. The third-order valence-corrected chi connectivity index (χ3v) is 3.73. The maximum atomic E-state index is 5.88. The zero-order valence-electron chi connectivity index (χ0n) is 12.3. The number of methoxy groups -OCH3 is 1. The fourth-order valence-electron chi connectivity index (χ4n) is 2.54. The Balaban J connectivity index is 2.20. The molecule has 4 nitrogen and oxygen atoms in total. The van der Waals surface area contributed by atoms with Gasteiger partial charge in [-0.25, -0.2) is 4.98 Å². The van der Waals surface area contributed by atoms with Gasteiger partial charge in [-0.05, 0) is 43.3 Å². The maximum absolute atomic E-state index is 5.88. The lowest BCUT2D eigenvalue weighted by Gasteiger charge is -2.16. The Kier molecular flexibility index (Phi) is 3.62. The average Bonchev–Trinajstić information content (AvgIpc) is 2.93. The number of ether oxygens (including phenoxy) is 1. The Bertz CT molecular complexity index is 746. The highest BCUT2D eigenvalue weighted by molar-refractivity contribution is 5.81. The Morgan fingerprint density at radius 3 is 2.52 bits per heavy atom. The lowest BCUT2D eigenvalue weighted by molar-refractivity contribution is 0.415. The van der Waals surface area contributed by atoms with Crippen LogP contribution < -0.4 is 10.5 Å². The molecule has 1 unspecified atom stereocenters. The first-order valence-corrected chi connectivity index (χ1v) is 7.06. The van der Waals surface area contributed by atoms with Gasteiger partial charge in [0.1, 0.15) is 11.6 Å². The monoisotopic (exact) mass is 281 g/mol. The molecule has 1 heterocycles. The summed E-state index contributed by atoms with van der Waals surface area (Å²) in [6.45, 7) is 2.69. The van der Waals surface area contributed by atoms with Gasteiger partial charge < -0.3 is 15.0 Å². The molecule has 1 atom stereocenters. The van der Waals surface area contributed by atoms with Crippen LogP contribution >= 0.6 is 0 Å². The van der Waals surface area contributed by atoms with Gasteiger partial charge in [-0.3, -0.25) is 0 Å². The molecule has 21 heavy (non-hydrogen) atoms. The summed E-state index contributed by atoms with van der Waals surface area (Å²) in [5.41, 5.74) is 9.04. The molecule has 0 spiro atoms. The van der Waals surface area contributed by atoms with E-state index in [1.807, 2.05) is 42.5 Å². The Morgan fingerprint density at radius 1 is 1.14 bits per heavy atom. The van der Waals surface area contributed by atoms with E-state index < -0.39 is 0 Å². The van der Waals surface area contributed by atoms with Crippen molar-refractivity contribution in [3.8, 4) is 17.1 Å². The summed E-state index contributed by atoms with van der Waals surface area (Å²) in [7, 11) is 1.67. The van der Waals surface area contributed by atoms with Crippen molar-refractivity contribution in [2.24, 2.45) is 5.73 Å². The van der Waals surface area contributed by atoms with Crippen molar-refractivity contribution in [2.45, 2.75) is 13.0 Å². The second-order valence-electron chi connectivity index (χ2n) is 5.11. The van der Waals surface area contributed by atoms with Gasteiger partial charge in [0, 0.05) is 18.2 Å². The Morgan fingerprint density at radius 2 is 1.86 bits per heavy atom. The second-order valence-corrected chi connectivity index (χ2v) is 5.11. The first kappa shape index (κ1) is 13.6. The zero-order chi connectivity index (χ0) is 14.8. The van der Waals surface area contributed by atoms with E-state index in [0.29, 0.717) is 6.54 Å². The quantitative estimate of drug-likeness (QED) is 0.798. The molecule has 0 saturated carbocycles. The molecule has 3 rings (SSSR count). The smallest absolute Gasteiger partial charge is 0.141 e. The molecule has 0 aliphatic rings. The van der Waals surface area contributed by atoms with E-state index in [1.165, 1.54) is 0 Å². The van der Waals surface area contributed by atoms with Gasteiger partial charge in [0.05, 0.1) is 18.1 Å². The van der Waals surface area contributed by atoms with Gasteiger partial charge in [0.25, 0.3) is 0 Å². The van der Waals surface area contributed by atoms with Crippen LogP contribution in [0.1, 0.15) is 13.0 Å². The van der Waals surface area contributed by atoms with Crippen molar-refractivity contribution in [1.82, 2.24) is 9.55 Å². The lowest BCUT2D eigenvalue weighted by atomic mass is 10.2. The first-order chi connectivity index (χ1) is 10.2. The molecular weight excluding hydrogens is 262 g/mol. The Labute approximate surface area is 124 Å². The topological polar surface area (TPSA) is 53.1 Å². The number of fused-ring (bicyclic) bond motifs is 1. The molecule has 1 aromatic heterocycles. The van der Waals surface area contributed by atoms with E-state index >= 15 is 0 Å². The van der Waals surface area contributed by atoms with E-state index in [0.717, 1.165) is 28.2 Å². The third kappa shape index (κ3) is 2.38. The van der Waals surface area contributed by atoms with Crippen LogP contribution in [-0.2, 0) is 0 Å². The summed E-state index contributed by atoms with van der Waals surface area (Å²) in [6.07, 6.45) is 0. The molecule has 2 aromatic carbocycles. The average molecular weight is 281 g/mol. The van der Waals surface area contributed by atoms with Crippen LogP contribution in [0.15, 0.2) is 48.5 Å². The summed E-state index contributed by atoms with van der Waals surface area (Å²) < 4.78 is 7.42. The molecular formula is C17H19N3O. The highest BCUT2D eigenvalue weighted by Crippen LogP contribution is 2.29. The van der Waals surface area contributed by atoms with E-state index in [9.17, 15) is 0 Å².